The predicted octanol–water partition coefficient (Wildman–Crippen LogP) is 3.10. The number of anilines is 1. The Hall–Kier alpha value is -4.20. The second-order valence-corrected chi connectivity index (χ2v) is 8.40. The number of imidazole rings is 1. The maximum atomic E-state index is 13.2. The molecule has 33 heavy (non-hydrogen) atoms. The van der Waals surface area contributed by atoms with Crippen LogP contribution in [0.5, 0.6) is 0 Å². The Balaban J connectivity index is 1.31. The Morgan fingerprint density at radius 2 is 1.85 bits per heavy atom. The average Bonchev–Trinajstić information content (AvgIpc) is 3.42. The van der Waals surface area contributed by atoms with Gasteiger partial charge in [-0.1, -0.05) is 31.2 Å². The number of carbonyl (C=O) groups is 2. The van der Waals surface area contributed by atoms with Gasteiger partial charge >= 0.3 is 0 Å². The number of aromatic nitrogens is 3. The zero-order chi connectivity index (χ0) is 22.9. The van der Waals surface area contributed by atoms with E-state index in [-0.39, 0.29) is 23.8 Å². The molecule has 4 N–H and O–H groups in total. The predicted molar refractivity (Wildman–Crippen MR) is 127 cm³/mol. The number of rotatable bonds is 4. The first-order valence-corrected chi connectivity index (χ1v) is 10.9. The largest absolute Gasteiger partial charge is 0.399 e. The number of carbonyl (C=O) groups excluding carboxylic acids is 2. The topological polar surface area (TPSA) is 117 Å². The summed E-state index contributed by atoms with van der Waals surface area (Å²) in [6, 6.07) is 19.8. The van der Waals surface area contributed by atoms with Crippen molar-refractivity contribution < 1.29 is 9.59 Å². The molecule has 1 saturated heterocycles. The number of likely N-dealkylation sites (tertiary alicyclic amines) is 1. The van der Waals surface area contributed by atoms with Gasteiger partial charge in [0.15, 0.2) is 5.82 Å². The lowest BCUT2D eigenvalue weighted by Gasteiger charge is -2.17. The lowest BCUT2D eigenvalue weighted by atomic mass is 10.1. The summed E-state index contributed by atoms with van der Waals surface area (Å²) in [6.07, 6.45) is 0. The first-order chi connectivity index (χ1) is 16.0. The van der Waals surface area contributed by atoms with Gasteiger partial charge in [-0.05, 0) is 48.4 Å². The van der Waals surface area contributed by atoms with E-state index in [2.05, 4.69) is 20.3 Å². The van der Waals surface area contributed by atoms with E-state index in [1.807, 2.05) is 37.3 Å². The van der Waals surface area contributed by atoms with Crippen LogP contribution in [0.15, 0.2) is 66.7 Å². The lowest BCUT2D eigenvalue weighted by molar-refractivity contribution is 0.0775. The molecule has 2 atom stereocenters. The molecule has 1 fully saturated rings. The second-order valence-electron chi connectivity index (χ2n) is 8.40. The van der Waals surface area contributed by atoms with Crippen LogP contribution >= 0.6 is 0 Å². The summed E-state index contributed by atoms with van der Waals surface area (Å²) in [5.41, 5.74) is 9.55. The van der Waals surface area contributed by atoms with E-state index in [1.54, 1.807) is 41.3 Å². The van der Waals surface area contributed by atoms with Crippen LogP contribution in [0.2, 0.25) is 0 Å². The molecular weight excluding hydrogens is 416 g/mol. The minimum Gasteiger partial charge on any atom is -0.399 e. The van der Waals surface area contributed by atoms with Gasteiger partial charge in [-0.3, -0.25) is 9.59 Å². The summed E-state index contributed by atoms with van der Waals surface area (Å²) in [4.78, 5) is 39.9. The molecule has 0 bridgehead atoms. The quantitative estimate of drug-likeness (QED) is 0.422. The van der Waals surface area contributed by atoms with E-state index in [0.29, 0.717) is 41.6 Å². The highest BCUT2D eigenvalue weighted by atomic mass is 16.2. The average molecular weight is 441 g/mol. The van der Waals surface area contributed by atoms with Crippen LogP contribution in [0.25, 0.3) is 22.6 Å². The molecule has 166 valence electrons. The summed E-state index contributed by atoms with van der Waals surface area (Å²) >= 11 is 0. The van der Waals surface area contributed by atoms with E-state index < -0.39 is 0 Å². The first kappa shape index (κ1) is 20.7. The lowest BCUT2D eigenvalue weighted by Crippen LogP contribution is -2.40. The van der Waals surface area contributed by atoms with Crippen LogP contribution in [0, 0.1) is 5.92 Å². The van der Waals surface area contributed by atoms with Gasteiger partial charge in [0, 0.05) is 24.3 Å². The Kier molecular flexibility index (Phi) is 5.26. The van der Waals surface area contributed by atoms with E-state index >= 15 is 0 Å². The monoisotopic (exact) mass is 440 g/mol. The van der Waals surface area contributed by atoms with Crippen molar-refractivity contribution in [3.05, 3.63) is 78.0 Å². The minimum absolute atomic E-state index is 0.109. The highest BCUT2D eigenvalue weighted by Crippen LogP contribution is 2.22. The molecule has 2 aromatic carbocycles. The maximum Gasteiger partial charge on any atom is 0.272 e. The number of aromatic amines is 1. The fraction of sp³-hybridized carbons (Fsp3) is 0.200. The number of H-pyrrole nitrogens is 1. The van der Waals surface area contributed by atoms with E-state index in [4.69, 9.17) is 5.73 Å². The summed E-state index contributed by atoms with van der Waals surface area (Å²) in [5.74, 6) is 0.365. The molecule has 0 spiro atoms. The van der Waals surface area contributed by atoms with Gasteiger partial charge in [0.2, 0.25) is 0 Å². The van der Waals surface area contributed by atoms with Crippen LogP contribution in [0.1, 0.15) is 27.8 Å². The van der Waals surface area contributed by atoms with Gasteiger partial charge in [-0.15, -0.1) is 0 Å². The number of pyridine rings is 1. The maximum absolute atomic E-state index is 13.2. The van der Waals surface area contributed by atoms with E-state index in [9.17, 15) is 9.59 Å². The number of benzene rings is 2. The van der Waals surface area contributed by atoms with Crippen molar-refractivity contribution in [1.82, 2.24) is 25.2 Å². The highest BCUT2D eigenvalue weighted by molar-refractivity contribution is 5.96. The van der Waals surface area contributed by atoms with Crippen LogP contribution in [0.4, 0.5) is 5.69 Å². The molecule has 2 aromatic heterocycles. The van der Waals surface area contributed by atoms with Crippen molar-refractivity contribution in [2.45, 2.75) is 13.0 Å². The van der Waals surface area contributed by atoms with Crippen LogP contribution in [-0.2, 0) is 0 Å². The fourth-order valence-corrected chi connectivity index (χ4v) is 4.17. The van der Waals surface area contributed by atoms with Gasteiger partial charge < -0.3 is 20.9 Å². The molecule has 5 rings (SSSR count). The number of nitrogens with one attached hydrogen (secondary N) is 2. The number of fused-ring (bicyclic) bond motifs is 1. The Morgan fingerprint density at radius 1 is 1.03 bits per heavy atom. The third-order valence-corrected chi connectivity index (χ3v) is 5.97. The number of nitrogens with zero attached hydrogens (tertiary/aromatic N) is 3. The number of amides is 2. The molecule has 1 aliphatic rings. The second kappa shape index (κ2) is 8.38. The molecule has 8 heteroatoms. The summed E-state index contributed by atoms with van der Waals surface area (Å²) < 4.78 is 0. The summed E-state index contributed by atoms with van der Waals surface area (Å²) in [7, 11) is 0. The zero-order valence-corrected chi connectivity index (χ0v) is 18.2. The van der Waals surface area contributed by atoms with Gasteiger partial charge in [0.05, 0.1) is 17.1 Å². The number of hydrogen-bond donors (Lipinski definition) is 3. The Labute approximate surface area is 190 Å². The number of nitrogens with two attached hydrogens (primary N) is 1. The van der Waals surface area contributed by atoms with E-state index in [0.717, 1.165) is 11.0 Å². The van der Waals surface area contributed by atoms with Crippen molar-refractivity contribution >= 4 is 28.5 Å². The molecule has 8 nitrogen and oxygen atoms in total. The van der Waals surface area contributed by atoms with Gasteiger partial charge in [0.25, 0.3) is 11.8 Å². The molecule has 0 aliphatic carbocycles. The van der Waals surface area contributed by atoms with Crippen molar-refractivity contribution in [1.29, 1.82) is 0 Å². The van der Waals surface area contributed by atoms with Crippen LogP contribution in [0.3, 0.4) is 0 Å². The number of para-hydroxylation sites is 2. The van der Waals surface area contributed by atoms with Crippen molar-refractivity contribution in [3.63, 3.8) is 0 Å². The third kappa shape index (κ3) is 4.15. The van der Waals surface area contributed by atoms with Gasteiger partial charge in [-0.2, -0.15) is 0 Å². The SMILES string of the molecule is CC1CN(C(=O)c2cccc(-c3nc4ccccc4[nH]3)n2)CC1NC(=O)c1cccc(N)c1. The molecule has 0 radical (unpaired) electrons. The smallest absolute Gasteiger partial charge is 0.272 e. The molecule has 3 heterocycles. The Morgan fingerprint density at radius 3 is 2.67 bits per heavy atom. The molecule has 0 saturated carbocycles. The summed E-state index contributed by atoms with van der Waals surface area (Å²) in [6.45, 7) is 2.98. The first-order valence-electron chi connectivity index (χ1n) is 10.9. The normalized spacial score (nSPS) is 17.9. The van der Waals surface area contributed by atoms with Crippen LogP contribution < -0.4 is 11.1 Å². The molecular formula is C25H24N6O2. The van der Waals surface area contributed by atoms with Crippen molar-refractivity contribution in [2.75, 3.05) is 18.8 Å². The zero-order valence-electron chi connectivity index (χ0n) is 18.2. The molecule has 2 amide bonds. The molecule has 1 aliphatic heterocycles. The highest BCUT2D eigenvalue weighted by Gasteiger charge is 2.34. The molecule has 4 aromatic rings. The number of nitrogen functional groups attached to an aromatic ring is 1. The van der Waals surface area contributed by atoms with Crippen molar-refractivity contribution in [2.24, 2.45) is 5.92 Å². The van der Waals surface area contributed by atoms with Crippen LogP contribution in [-0.4, -0.2) is 50.8 Å². The van der Waals surface area contributed by atoms with E-state index in [1.165, 1.54) is 0 Å². The fourth-order valence-electron chi connectivity index (χ4n) is 4.17. The third-order valence-electron chi connectivity index (χ3n) is 5.97. The van der Waals surface area contributed by atoms with Gasteiger partial charge in [0.1, 0.15) is 11.4 Å². The number of hydrogen-bond acceptors (Lipinski definition) is 5. The van der Waals surface area contributed by atoms with Gasteiger partial charge in [-0.25, -0.2) is 9.97 Å². The standard InChI is InChI=1S/C25H24N6O2/c1-15-13-31(14-22(15)30-24(32)16-6-4-7-17(26)12-16)25(33)21-11-5-10-20(27-21)23-28-18-8-2-3-9-19(18)29-23/h2-12,15,22H,13-14,26H2,1H3,(H,28,29)(H,30,32). The van der Waals surface area contributed by atoms with Crippen molar-refractivity contribution in [3.8, 4) is 11.5 Å². The minimum atomic E-state index is -0.196. The Bertz CT molecular complexity index is 1310. The molecule has 2 unspecified atom stereocenters. The summed E-state index contributed by atoms with van der Waals surface area (Å²) in [5, 5.41) is 3.04.